The van der Waals surface area contributed by atoms with Gasteiger partial charge in [-0.25, -0.2) is 0 Å². The number of nitro groups is 1. The molecular weight excluding hydrogens is 194 g/mol. The summed E-state index contributed by atoms with van der Waals surface area (Å²) in [6, 6.07) is 4.80. The molecular formula is C10H11N3O2. The van der Waals surface area contributed by atoms with Crippen LogP contribution < -0.4 is 0 Å². The number of hydrogen-bond donors (Lipinski definition) is 0. The van der Waals surface area contributed by atoms with Crippen molar-refractivity contribution in [2.45, 2.75) is 19.9 Å². The van der Waals surface area contributed by atoms with Crippen molar-refractivity contribution in [1.29, 1.82) is 0 Å². The van der Waals surface area contributed by atoms with E-state index in [2.05, 4.69) is 5.10 Å². The second-order valence-corrected chi connectivity index (χ2v) is 3.37. The minimum atomic E-state index is -0.386. The average molecular weight is 205 g/mol. The molecule has 0 aliphatic carbocycles. The summed E-state index contributed by atoms with van der Waals surface area (Å²) >= 11 is 0. The number of non-ortho nitro benzene ring substituents is 1. The van der Waals surface area contributed by atoms with Crippen LogP contribution >= 0.6 is 0 Å². The maximum Gasteiger partial charge on any atom is 0.271 e. The van der Waals surface area contributed by atoms with E-state index in [-0.39, 0.29) is 10.6 Å². The lowest BCUT2D eigenvalue weighted by Crippen LogP contribution is -1.98. The highest BCUT2D eigenvalue weighted by Crippen LogP contribution is 2.20. The zero-order valence-electron chi connectivity index (χ0n) is 8.38. The van der Waals surface area contributed by atoms with Gasteiger partial charge in [0.05, 0.1) is 16.6 Å². The molecule has 5 nitrogen and oxygen atoms in total. The van der Waals surface area contributed by atoms with E-state index in [4.69, 9.17) is 0 Å². The Morgan fingerprint density at radius 2 is 2.33 bits per heavy atom. The predicted octanol–water partition coefficient (Wildman–Crippen LogP) is 2.35. The van der Waals surface area contributed by atoms with Crippen LogP contribution in [0, 0.1) is 10.1 Å². The van der Waals surface area contributed by atoms with E-state index in [1.54, 1.807) is 23.0 Å². The first-order valence-corrected chi connectivity index (χ1v) is 4.82. The second kappa shape index (κ2) is 3.68. The number of benzene rings is 1. The summed E-state index contributed by atoms with van der Waals surface area (Å²) in [4.78, 5) is 10.2. The molecule has 0 unspecified atom stereocenters. The van der Waals surface area contributed by atoms with Gasteiger partial charge < -0.3 is 0 Å². The van der Waals surface area contributed by atoms with E-state index in [0.29, 0.717) is 0 Å². The average Bonchev–Trinajstić information content (AvgIpc) is 2.61. The first-order chi connectivity index (χ1) is 7.22. The molecule has 15 heavy (non-hydrogen) atoms. The fourth-order valence-corrected chi connectivity index (χ4v) is 1.56. The van der Waals surface area contributed by atoms with Crippen molar-refractivity contribution in [3.63, 3.8) is 0 Å². The first kappa shape index (κ1) is 9.64. The highest BCUT2D eigenvalue weighted by atomic mass is 16.6. The molecule has 0 N–H and O–H groups in total. The van der Waals surface area contributed by atoms with Gasteiger partial charge >= 0.3 is 0 Å². The maximum absolute atomic E-state index is 10.6. The number of fused-ring (bicyclic) bond motifs is 1. The zero-order valence-corrected chi connectivity index (χ0v) is 8.38. The summed E-state index contributed by atoms with van der Waals surface area (Å²) in [5.41, 5.74) is 0.936. The molecule has 0 saturated carbocycles. The van der Waals surface area contributed by atoms with Gasteiger partial charge in [-0.05, 0) is 12.5 Å². The van der Waals surface area contributed by atoms with E-state index >= 15 is 0 Å². The standard InChI is InChI=1S/C10H11N3O2/c1-2-5-12-10-6-9(13(14)15)4-3-8(10)7-11-12/h3-4,6-7H,2,5H2,1H3. The van der Waals surface area contributed by atoms with Gasteiger partial charge in [0.25, 0.3) is 5.69 Å². The Hall–Kier alpha value is -1.91. The van der Waals surface area contributed by atoms with E-state index in [9.17, 15) is 10.1 Å². The van der Waals surface area contributed by atoms with Crippen molar-refractivity contribution in [3.05, 3.63) is 34.5 Å². The summed E-state index contributed by atoms with van der Waals surface area (Å²) < 4.78 is 1.79. The van der Waals surface area contributed by atoms with Crippen molar-refractivity contribution < 1.29 is 4.92 Å². The molecule has 0 saturated heterocycles. The molecule has 5 heteroatoms. The van der Waals surface area contributed by atoms with Gasteiger partial charge in [0.1, 0.15) is 0 Å². The highest BCUT2D eigenvalue weighted by molar-refractivity contribution is 5.80. The fourth-order valence-electron chi connectivity index (χ4n) is 1.56. The van der Waals surface area contributed by atoms with E-state index < -0.39 is 0 Å². The van der Waals surface area contributed by atoms with Crippen LogP contribution in [-0.4, -0.2) is 14.7 Å². The van der Waals surface area contributed by atoms with Crippen LogP contribution in [-0.2, 0) is 6.54 Å². The van der Waals surface area contributed by atoms with Gasteiger partial charge in [0, 0.05) is 24.1 Å². The third kappa shape index (κ3) is 1.68. The van der Waals surface area contributed by atoms with Crippen molar-refractivity contribution in [3.8, 4) is 0 Å². The molecule has 78 valence electrons. The van der Waals surface area contributed by atoms with Gasteiger partial charge in [0.2, 0.25) is 0 Å². The largest absolute Gasteiger partial charge is 0.271 e. The molecule has 0 fully saturated rings. The number of rotatable bonds is 3. The summed E-state index contributed by atoms with van der Waals surface area (Å²) in [7, 11) is 0. The van der Waals surface area contributed by atoms with E-state index in [1.807, 2.05) is 6.92 Å². The zero-order chi connectivity index (χ0) is 10.8. The lowest BCUT2D eigenvalue weighted by Gasteiger charge is -1.99. The summed E-state index contributed by atoms with van der Waals surface area (Å²) in [6.07, 6.45) is 2.69. The van der Waals surface area contributed by atoms with Gasteiger partial charge in [-0.15, -0.1) is 0 Å². The summed E-state index contributed by atoms with van der Waals surface area (Å²) in [5.74, 6) is 0. The topological polar surface area (TPSA) is 61.0 Å². The Balaban J connectivity index is 2.56. The van der Waals surface area contributed by atoms with Crippen LogP contribution in [0.2, 0.25) is 0 Å². The Morgan fingerprint density at radius 3 is 3.00 bits per heavy atom. The molecule has 0 aliphatic heterocycles. The predicted molar refractivity (Wildman–Crippen MR) is 56.7 cm³/mol. The number of aromatic nitrogens is 2. The minimum Gasteiger partial charge on any atom is -0.265 e. The number of hydrogen-bond acceptors (Lipinski definition) is 3. The van der Waals surface area contributed by atoms with Gasteiger partial charge in [-0.1, -0.05) is 6.92 Å². The smallest absolute Gasteiger partial charge is 0.265 e. The molecule has 0 amide bonds. The van der Waals surface area contributed by atoms with Crippen LogP contribution in [0.1, 0.15) is 13.3 Å². The molecule has 1 aromatic carbocycles. The van der Waals surface area contributed by atoms with Crippen LogP contribution in [0.3, 0.4) is 0 Å². The lowest BCUT2D eigenvalue weighted by atomic mass is 10.2. The van der Waals surface area contributed by atoms with Gasteiger partial charge in [-0.3, -0.25) is 14.8 Å². The maximum atomic E-state index is 10.6. The Morgan fingerprint density at radius 1 is 1.53 bits per heavy atom. The number of aryl methyl sites for hydroxylation is 1. The highest BCUT2D eigenvalue weighted by Gasteiger charge is 2.09. The SMILES string of the molecule is CCCn1ncc2ccc([N+](=O)[O-])cc21. The third-order valence-corrected chi connectivity index (χ3v) is 2.27. The summed E-state index contributed by atoms with van der Waals surface area (Å²) in [6.45, 7) is 2.83. The Bertz CT molecular complexity index is 504. The molecule has 0 spiro atoms. The number of nitrogens with zero attached hydrogens (tertiary/aromatic N) is 3. The minimum absolute atomic E-state index is 0.111. The molecule has 0 atom stereocenters. The lowest BCUT2D eigenvalue weighted by molar-refractivity contribution is -0.384. The van der Waals surface area contributed by atoms with E-state index in [1.165, 1.54) is 6.07 Å². The van der Waals surface area contributed by atoms with Crippen LogP contribution in [0.15, 0.2) is 24.4 Å². The molecule has 0 aliphatic rings. The van der Waals surface area contributed by atoms with Crippen molar-refractivity contribution >= 4 is 16.6 Å². The normalized spacial score (nSPS) is 10.7. The Labute approximate surface area is 86.5 Å². The first-order valence-electron chi connectivity index (χ1n) is 4.82. The molecule has 2 aromatic rings. The van der Waals surface area contributed by atoms with Crippen LogP contribution in [0.5, 0.6) is 0 Å². The molecule has 2 rings (SSSR count). The molecule has 1 heterocycles. The van der Waals surface area contributed by atoms with Gasteiger partial charge in [0.15, 0.2) is 0 Å². The Kier molecular flexibility index (Phi) is 2.37. The van der Waals surface area contributed by atoms with Crippen molar-refractivity contribution in [2.75, 3.05) is 0 Å². The fraction of sp³-hybridized carbons (Fsp3) is 0.300. The van der Waals surface area contributed by atoms with Crippen molar-refractivity contribution in [1.82, 2.24) is 9.78 Å². The van der Waals surface area contributed by atoms with E-state index in [0.717, 1.165) is 23.9 Å². The summed E-state index contributed by atoms with van der Waals surface area (Å²) in [5, 5.41) is 15.7. The monoisotopic (exact) mass is 205 g/mol. The van der Waals surface area contributed by atoms with Crippen molar-refractivity contribution in [2.24, 2.45) is 0 Å². The molecule has 1 aromatic heterocycles. The van der Waals surface area contributed by atoms with Gasteiger partial charge in [-0.2, -0.15) is 5.10 Å². The third-order valence-electron chi connectivity index (χ3n) is 2.27. The number of nitro benzene ring substituents is 1. The second-order valence-electron chi connectivity index (χ2n) is 3.37. The van der Waals surface area contributed by atoms with Crippen LogP contribution in [0.4, 0.5) is 5.69 Å². The van der Waals surface area contributed by atoms with Crippen LogP contribution in [0.25, 0.3) is 10.9 Å². The molecule has 0 bridgehead atoms. The molecule has 0 radical (unpaired) electrons. The quantitative estimate of drug-likeness (QED) is 0.570.